The molecule has 20 heavy (non-hydrogen) atoms. The molecule has 2 rings (SSSR count). The Labute approximate surface area is 135 Å². The Kier molecular flexibility index (Phi) is 5.87. The zero-order valence-corrected chi connectivity index (χ0v) is 13.6. The van der Waals surface area contributed by atoms with Crippen molar-refractivity contribution in [1.82, 2.24) is 0 Å². The smallest absolute Gasteiger partial charge is 0.234 e. The SMILES string of the molecule is O=C(CSc1ccc(CO)cc1)Nc1cccc(I)c1. The molecular weight excluding hydrogens is 385 g/mol. The number of carbonyl (C=O) groups excluding carboxylic acids is 1. The third-order valence-corrected chi connectivity index (χ3v) is 4.27. The van der Waals surface area contributed by atoms with Gasteiger partial charge in [-0.2, -0.15) is 0 Å². The Morgan fingerprint density at radius 3 is 2.60 bits per heavy atom. The van der Waals surface area contributed by atoms with E-state index < -0.39 is 0 Å². The number of aliphatic hydroxyl groups is 1. The molecule has 2 N–H and O–H groups in total. The molecule has 0 saturated heterocycles. The normalized spacial score (nSPS) is 10.3. The molecular formula is C15H14INO2S. The van der Waals surface area contributed by atoms with Crippen LogP contribution >= 0.6 is 34.4 Å². The molecule has 0 radical (unpaired) electrons. The van der Waals surface area contributed by atoms with E-state index in [1.807, 2.05) is 48.5 Å². The van der Waals surface area contributed by atoms with E-state index >= 15 is 0 Å². The van der Waals surface area contributed by atoms with E-state index in [-0.39, 0.29) is 12.5 Å². The van der Waals surface area contributed by atoms with Crippen LogP contribution in [0.2, 0.25) is 0 Å². The number of halogens is 1. The van der Waals surface area contributed by atoms with Crippen molar-refractivity contribution >= 4 is 45.9 Å². The third-order valence-electron chi connectivity index (χ3n) is 2.58. The van der Waals surface area contributed by atoms with Gasteiger partial charge in [-0.05, 0) is 58.5 Å². The summed E-state index contributed by atoms with van der Waals surface area (Å²) in [5.41, 5.74) is 1.69. The summed E-state index contributed by atoms with van der Waals surface area (Å²) in [6, 6.07) is 15.2. The van der Waals surface area contributed by atoms with Crippen LogP contribution in [-0.4, -0.2) is 16.8 Å². The number of amides is 1. The van der Waals surface area contributed by atoms with Crippen molar-refractivity contribution in [3.05, 3.63) is 57.7 Å². The highest BCUT2D eigenvalue weighted by Gasteiger charge is 2.04. The van der Waals surface area contributed by atoms with Crippen molar-refractivity contribution in [2.45, 2.75) is 11.5 Å². The molecule has 3 nitrogen and oxygen atoms in total. The van der Waals surface area contributed by atoms with Crippen molar-refractivity contribution in [3.63, 3.8) is 0 Å². The number of aliphatic hydroxyl groups excluding tert-OH is 1. The van der Waals surface area contributed by atoms with Crippen LogP contribution in [0.4, 0.5) is 5.69 Å². The van der Waals surface area contributed by atoms with E-state index in [4.69, 9.17) is 5.11 Å². The van der Waals surface area contributed by atoms with Gasteiger partial charge in [-0.15, -0.1) is 11.8 Å². The number of hydrogen-bond donors (Lipinski definition) is 2. The van der Waals surface area contributed by atoms with Gasteiger partial charge in [-0.3, -0.25) is 4.79 Å². The van der Waals surface area contributed by atoms with Gasteiger partial charge in [-0.25, -0.2) is 0 Å². The Bertz CT molecular complexity index is 587. The van der Waals surface area contributed by atoms with Gasteiger partial charge in [0.2, 0.25) is 5.91 Å². The maximum atomic E-state index is 11.8. The topological polar surface area (TPSA) is 49.3 Å². The molecule has 0 fully saturated rings. The zero-order valence-electron chi connectivity index (χ0n) is 10.7. The first-order chi connectivity index (χ1) is 9.67. The van der Waals surface area contributed by atoms with Crippen LogP contribution < -0.4 is 5.32 Å². The summed E-state index contributed by atoms with van der Waals surface area (Å²) in [5.74, 6) is 0.340. The molecule has 5 heteroatoms. The Morgan fingerprint density at radius 2 is 1.95 bits per heavy atom. The molecule has 0 atom stereocenters. The van der Waals surface area contributed by atoms with Crippen LogP contribution in [0.3, 0.4) is 0 Å². The van der Waals surface area contributed by atoms with Crippen LogP contribution in [-0.2, 0) is 11.4 Å². The average Bonchev–Trinajstić information content (AvgIpc) is 2.46. The second-order valence-electron chi connectivity index (χ2n) is 4.15. The molecule has 0 aliphatic rings. The Morgan fingerprint density at radius 1 is 1.20 bits per heavy atom. The van der Waals surface area contributed by atoms with Crippen molar-refractivity contribution in [2.75, 3.05) is 11.1 Å². The maximum Gasteiger partial charge on any atom is 0.234 e. The minimum absolute atomic E-state index is 0.0248. The molecule has 2 aromatic carbocycles. The van der Waals surface area contributed by atoms with Gasteiger partial charge in [0, 0.05) is 14.2 Å². The Hall–Kier alpha value is -1.05. The number of nitrogens with one attached hydrogen (secondary N) is 1. The standard InChI is InChI=1S/C15H14INO2S/c16-12-2-1-3-13(8-12)17-15(19)10-20-14-6-4-11(9-18)5-7-14/h1-8,18H,9-10H2,(H,17,19). The summed E-state index contributed by atoms with van der Waals surface area (Å²) in [4.78, 5) is 12.9. The molecule has 0 bridgehead atoms. The fourth-order valence-corrected chi connectivity index (χ4v) is 2.84. The largest absolute Gasteiger partial charge is 0.392 e. The van der Waals surface area contributed by atoms with E-state index in [9.17, 15) is 4.79 Å². The first kappa shape index (κ1) is 15.3. The number of anilines is 1. The second kappa shape index (κ2) is 7.66. The lowest BCUT2D eigenvalue weighted by Gasteiger charge is -2.06. The van der Waals surface area contributed by atoms with Crippen molar-refractivity contribution < 1.29 is 9.90 Å². The molecule has 0 aromatic heterocycles. The highest BCUT2D eigenvalue weighted by molar-refractivity contribution is 14.1. The lowest BCUT2D eigenvalue weighted by Crippen LogP contribution is -2.13. The molecule has 0 heterocycles. The number of rotatable bonds is 5. The van der Waals surface area contributed by atoms with Gasteiger partial charge in [0.1, 0.15) is 0 Å². The first-order valence-electron chi connectivity index (χ1n) is 6.05. The second-order valence-corrected chi connectivity index (χ2v) is 6.44. The molecule has 1 amide bonds. The van der Waals surface area contributed by atoms with Crippen molar-refractivity contribution in [3.8, 4) is 0 Å². The maximum absolute atomic E-state index is 11.8. The van der Waals surface area contributed by atoms with Crippen LogP contribution in [0.1, 0.15) is 5.56 Å². The zero-order chi connectivity index (χ0) is 14.4. The molecule has 0 spiro atoms. The van der Waals surface area contributed by atoms with Gasteiger partial charge in [-0.1, -0.05) is 18.2 Å². The van der Waals surface area contributed by atoms with Gasteiger partial charge in [0.25, 0.3) is 0 Å². The summed E-state index contributed by atoms with van der Waals surface area (Å²) >= 11 is 3.69. The predicted octanol–water partition coefficient (Wildman–Crippen LogP) is 3.51. The summed E-state index contributed by atoms with van der Waals surface area (Å²) in [7, 11) is 0. The van der Waals surface area contributed by atoms with Crippen LogP contribution in [0.25, 0.3) is 0 Å². The van der Waals surface area contributed by atoms with Crippen LogP contribution in [0.15, 0.2) is 53.4 Å². The van der Waals surface area contributed by atoms with Gasteiger partial charge in [0.15, 0.2) is 0 Å². The van der Waals surface area contributed by atoms with Crippen molar-refractivity contribution in [2.24, 2.45) is 0 Å². The van der Waals surface area contributed by atoms with Gasteiger partial charge < -0.3 is 10.4 Å². The average molecular weight is 399 g/mol. The van der Waals surface area contributed by atoms with E-state index in [0.29, 0.717) is 5.75 Å². The van der Waals surface area contributed by atoms with Gasteiger partial charge >= 0.3 is 0 Å². The first-order valence-corrected chi connectivity index (χ1v) is 8.12. The van der Waals surface area contributed by atoms with Gasteiger partial charge in [0.05, 0.1) is 12.4 Å². The van der Waals surface area contributed by atoms with E-state index in [0.717, 1.165) is 19.7 Å². The number of benzene rings is 2. The summed E-state index contributed by atoms with van der Waals surface area (Å²) < 4.78 is 1.09. The molecule has 0 aliphatic heterocycles. The minimum Gasteiger partial charge on any atom is -0.392 e. The molecule has 0 unspecified atom stereocenters. The fraction of sp³-hybridized carbons (Fsp3) is 0.133. The Balaban J connectivity index is 1.85. The predicted molar refractivity (Wildman–Crippen MR) is 90.9 cm³/mol. The van der Waals surface area contributed by atoms with E-state index in [1.165, 1.54) is 11.8 Å². The lowest BCUT2D eigenvalue weighted by atomic mass is 10.2. The van der Waals surface area contributed by atoms with E-state index in [2.05, 4.69) is 27.9 Å². The van der Waals surface area contributed by atoms with Crippen LogP contribution in [0, 0.1) is 3.57 Å². The fourth-order valence-electron chi connectivity index (χ4n) is 1.60. The number of hydrogen-bond acceptors (Lipinski definition) is 3. The molecule has 0 saturated carbocycles. The minimum atomic E-state index is -0.0248. The lowest BCUT2D eigenvalue weighted by molar-refractivity contribution is -0.113. The third kappa shape index (κ3) is 4.81. The molecule has 2 aromatic rings. The highest BCUT2D eigenvalue weighted by atomic mass is 127. The number of carbonyl (C=O) groups is 1. The molecule has 0 aliphatic carbocycles. The van der Waals surface area contributed by atoms with Crippen molar-refractivity contribution in [1.29, 1.82) is 0 Å². The number of thioether (sulfide) groups is 1. The summed E-state index contributed by atoms with van der Waals surface area (Å²) in [5, 5.41) is 11.8. The molecule has 104 valence electrons. The highest BCUT2D eigenvalue weighted by Crippen LogP contribution is 2.19. The quantitative estimate of drug-likeness (QED) is 0.598. The summed E-state index contributed by atoms with van der Waals surface area (Å²) in [6.07, 6.45) is 0. The monoisotopic (exact) mass is 399 g/mol. The van der Waals surface area contributed by atoms with E-state index in [1.54, 1.807) is 0 Å². The van der Waals surface area contributed by atoms with Crippen LogP contribution in [0.5, 0.6) is 0 Å². The summed E-state index contributed by atoms with van der Waals surface area (Å²) in [6.45, 7) is 0.0398.